The number of nitrogens with zero attached hydrogens (tertiary/aromatic N) is 5. The highest BCUT2D eigenvalue weighted by Crippen LogP contribution is 2.31. The van der Waals surface area contributed by atoms with Gasteiger partial charge in [0.1, 0.15) is 0 Å². The van der Waals surface area contributed by atoms with Crippen molar-refractivity contribution in [2.24, 2.45) is 5.92 Å². The Morgan fingerprint density at radius 2 is 2.06 bits per heavy atom. The first kappa shape index (κ1) is 23.1. The second kappa shape index (κ2) is 9.69. The molecule has 0 bridgehead atoms. The number of carbonyl (C=O) groups excluding carboxylic acids is 1. The van der Waals surface area contributed by atoms with Gasteiger partial charge in [0.25, 0.3) is 0 Å². The Balaban J connectivity index is 1.69. The third-order valence-electron chi connectivity index (χ3n) is 4.99. The highest BCUT2D eigenvalue weighted by molar-refractivity contribution is 7.71. The Morgan fingerprint density at radius 3 is 2.74 bits per heavy atom. The fraction of sp³-hybridized carbons (Fsp3) is 0.476. The number of thiazole rings is 1. The summed E-state index contributed by atoms with van der Waals surface area (Å²) < 4.78 is 4.42. The van der Waals surface area contributed by atoms with Gasteiger partial charge < -0.3 is 5.32 Å². The zero-order chi connectivity index (χ0) is 22.7. The summed E-state index contributed by atoms with van der Waals surface area (Å²) in [6.07, 6.45) is 2.79. The van der Waals surface area contributed by atoms with E-state index in [1.807, 2.05) is 23.1 Å². The van der Waals surface area contributed by atoms with Crippen molar-refractivity contribution in [3.63, 3.8) is 0 Å². The number of allylic oxidation sites excluding steroid dienone is 1. The van der Waals surface area contributed by atoms with Crippen LogP contribution in [0.1, 0.15) is 42.9 Å². The molecule has 0 aromatic carbocycles. The Labute approximate surface area is 191 Å². The molecule has 0 spiro atoms. The van der Waals surface area contributed by atoms with E-state index in [1.54, 1.807) is 6.08 Å². The van der Waals surface area contributed by atoms with E-state index >= 15 is 0 Å². The lowest BCUT2D eigenvalue weighted by Crippen LogP contribution is -2.13. The highest BCUT2D eigenvalue weighted by Gasteiger charge is 2.18. The molecule has 0 fully saturated rings. The minimum Gasteiger partial charge on any atom is -0.302 e. The van der Waals surface area contributed by atoms with Gasteiger partial charge in [-0.05, 0) is 50.9 Å². The normalized spacial score (nSPS) is 11.3. The first-order valence-electron chi connectivity index (χ1n) is 10.3. The van der Waals surface area contributed by atoms with Gasteiger partial charge in [0.2, 0.25) is 5.91 Å². The molecule has 1 amide bonds. The third-order valence-corrected chi connectivity index (χ3v) is 6.37. The van der Waals surface area contributed by atoms with Crippen molar-refractivity contribution < 1.29 is 4.79 Å². The fourth-order valence-electron chi connectivity index (χ4n) is 3.49. The van der Waals surface area contributed by atoms with Crippen molar-refractivity contribution in [2.75, 3.05) is 5.32 Å². The zero-order valence-corrected chi connectivity index (χ0v) is 20.3. The third kappa shape index (κ3) is 5.19. The number of aryl methyl sites for hydroxylation is 2. The largest absolute Gasteiger partial charge is 0.302 e. The molecular weight excluding hydrogens is 430 g/mol. The average Bonchev–Trinajstić information content (AvgIpc) is 3.31. The monoisotopic (exact) mass is 459 g/mol. The Morgan fingerprint density at radius 1 is 1.32 bits per heavy atom. The molecule has 3 aromatic rings. The SMILES string of the molecule is C=CCn1c(-c2sc(NC(=O)CCc3c(C)nn(CC(C)C)c3C)nc2C)n[nH]c1=S. The van der Waals surface area contributed by atoms with E-state index in [4.69, 9.17) is 12.2 Å². The number of rotatable bonds is 9. The lowest BCUT2D eigenvalue weighted by molar-refractivity contribution is -0.116. The van der Waals surface area contributed by atoms with Gasteiger partial charge in [-0.15, -0.1) is 6.58 Å². The van der Waals surface area contributed by atoms with Crippen molar-refractivity contribution in [1.82, 2.24) is 29.5 Å². The maximum Gasteiger partial charge on any atom is 0.226 e. The van der Waals surface area contributed by atoms with Gasteiger partial charge in [0.15, 0.2) is 15.7 Å². The van der Waals surface area contributed by atoms with Crippen LogP contribution in [0.15, 0.2) is 12.7 Å². The van der Waals surface area contributed by atoms with Crippen LogP contribution in [0.2, 0.25) is 0 Å². The molecule has 0 unspecified atom stereocenters. The molecule has 0 aliphatic carbocycles. The number of amides is 1. The van der Waals surface area contributed by atoms with Crippen molar-refractivity contribution in [2.45, 2.75) is 60.5 Å². The van der Waals surface area contributed by atoms with Crippen molar-refractivity contribution in [3.8, 4) is 10.7 Å². The van der Waals surface area contributed by atoms with Crippen LogP contribution >= 0.6 is 23.6 Å². The molecule has 0 atom stereocenters. The minimum atomic E-state index is -0.0688. The van der Waals surface area contributed by atoms with E-state index in [0.717, 1.165) is 34.1 Å². The molecule has 10 heteroatoms. The zero-order valence-electron chi connectivity index (χ0n) is 18.7. The molecule has 0 aliphatic rings. The van der Waals surface area contributed by atoms with Gasteiger partial charge in [-0.2, -0.15) is 10.2 Å². The lowest BCUT2D eigenvalue weighted by Gasteiger charge is -2.08. The molecule has 8 nitrogen and oxygen atoms in total. The van der Waals surface area contributed by atoms with Gasteiger partial charge in [-0.1, -0.05) is 31.3 Å². The Bertz CT molecular complexity index is 1150. The first-order valence-corrected chi connectivity index (χ1v) is 11.5. The molecule has 0 radical (unpaired) electrons. The van der Waals surface area contributed by atoms with E-state index in [9.17, 15) is 4.79 Å². The number of nitrogens with one attached hydrogen (secondary N) is 2. The molecule has 166 valence electrons. The lowest BCUT2D eigenvalue weighted by atomic mass is 10.1. The van der Waals surface area contributed by atoms with Gasteiger partial charge in [-0.25, -0.2) is 4.98 Å². The Hall–Kier alpha value is -2.59. The van der Waals surface area contributed by atoms with Crippen LogP contribution in [0.25, 0.3) is 10.7 Å². The number of H-pyrrole nitrogens is 1. The summed E-state index contributed by atoms with van der Waals surface area (Å²) in [5.41, 5.74) is 4.06. The van der Waals surface area contributed by atoms with Crippen LogP contribution in [-0.4, -0.2) is 35.4 Å². The van der Waals surface area contributed by atoms with Crippen molar-refractivity contribution in [1.29, 1.82) is 0 Å². The average molecular weight is 460 g/mol. The quantitative estimate of drug-likeness (QED) is 0.360. The Kier molecular flexibility index (Phi) is 7.22. The molecule has 0 aliphatic heterocycles. The van der Waals surface area contributed by atoms with Crippen LogP contribution in [0.5, 0.6) is 0 Å². The van der Waals surface area contributed by atoms with Crippen LogP contribution in [0, 0.1) is 31.5 Å². The van der Waals surface area contributed by atoms with Crippen molar-refractivity contribution in [3.05, 3.63) is 40.1 Å². The van der Waals surface area contributed by atoms with Gasteiger partial charge >= 0.3 is 0 Å². The van der Waals surface area contributed by atoms with Crippen LogP contribution < -0.4 is 5.32 Å². The number of aromatic amines is 1. The summed E-state index contributed by atoms with van der Waals surface area (Å²) in [7, 11) is 0. The highest BCUT2D eigenvalue weighted by atomic mass is 32.1. The predicted molar refractivity (Wildman–Crippen MR) is 127 cm³/mol. The molecule has 3 heterocycles. The number of carbonyl (C=O) groups is 1. The van der Waals surface area contributed by atoms with Gasteiger partial charge in [0.05, 0.1) is 16.3 Å². The molecule has 31 heavy (non-hydrogen) atoms. The molecule has 0 saturated heterocycles. The minimum absolute atomic E-state index is 0.0688. The number of anilines is 1. The van der Waals surface area contributed by atoms with Crippen molar-refractivity contribution >= 4 is 34.6 Å². The molecule has 3 rings (SSSR count). The van der Waals surface area contributed by atoms with E-state index in [0.29, 0.717) is 41.0 Å². The van der Waals surface area contributed by atoms with E-state index in [2.05, 4.69) is 52.9 Å². The second-order valence-corrected chi connectivity index (χ2v) is 9.34. The summed E-state index contributed by atoms with van der Waals surface area (Å²) in [6.45, 7) is 15.5. The summed E-state index contributed by atoms with van der Waals surface area (Å²) >= 11 is 6.68. The second-order valence-electron chi connectivity index (χ2n) is 7.96. The fourth-order valence-corrected chi connectivity index (χ4v) is 4.67. The van der Waals surface area contributed by atoms with E-state index < -0.39 is 0 Å². The van der Waals surface area contributed by atoms with Crippen LogP contribution in [-0.2, 0) is 24.3 Å². The van der Waals surface area contributed by atoms with Crippen LogP contribution in [0.3, 0.4) is 0 Å². The number of hydrogen-bond acceptors (Lipinski definition) is 6. The molecule has 2 N–H and O–H groups in total. The summed E-state index contributed by atoms with van der Waals surface area (Å²) in [5.74, 6) is 1.15. The maximum atomic E-state index is 12.6. The van der Waals surface area contributed by atoms with E-state index in [-0.39, 0.29) is 5.91 Å². The van der Waals surface area contributed by atoms with Crippen LogP contribution in [0.4, 0.5) is 5.13 Å². The standard InChI is InChI=1S/C21H29N7OS2/c1-7-10-27-19(24-25-21(27)30)18-14(5)22-20(31-18)23-17(29)9-8-16-13(4)26-28(15(16)6)11-12(2)3/h7,12H,1,8-11H2,2-6H3,(H,25,30)(H,22,23,29). The van der Waals surface area contributed by atoms with Gasteiger partial charge in [-0.3, -0.25) is 19.1 Å². The number of hydrogen-bond donors (Lipinski definition) is 2. The molecular formula is C21H29N7OS2. The topological polar surface area (TPSA) is 93.4 Å². The summed E-state index contributed by atoms with van der Waals surface area (Å²) in [6, 6.07) is 0. The first-order chi connectivity index (χ1) is 14.7. The molecule has 3 aromatic heterocycles. The molecule has 0 saturated carbocycles. The summed E-state index contributed by atoms with van der Waals surface area (Å²) in [4.78, 5) is 18.0. The van der Waals surface area contributed by atoms with Gasteiger partial charge in [0, 0.05) is 25.2 Å². The number of aromatic nitrogens is 6. The smallest absolute Gasteiger partial charge is 0.226 e. The van der Waals surface area contributed by atoms with E-state index in [1.165, 1.54) is 11.3 Å². The maximum absolute atomic E-state index is 12.6. The predicted octanol–water partition coefficient (Wildman–Crippen LogP) is 4.60. The summed E-state index contributed by atoms with van der Waals surface area (Å²) in [5, 5.41) is 15.3.